The molecule has 0 N–H and O–H groups in total. The third-order valence-electron chi connectivity index (χ3n) is 1.50. The Kier molecular flexibility index (Phi) is 949. The van der Waals surface area contributed by atoms with Crippen LogP contribution >= 0.6 is 0 Å². The van der Waals surface area contributed by atoms with Crippen LogP contribution in [0.25, 0.3) is 0 Å². The molecule has 0 atom stereocenters. The first kappa shape index (κ1) is 56.9. The second-order valence-electron chi connectivity index (χ2n) is 2.12. The molecule has 0 aromatic carbocycles. The van der Waals surface area contributed by atoms with Crippen LogP contribution in [0, 0.1) is 0 Å². The highest BCUT2D eigenvalue weighted by Gasteiger charge is 1.95. The maximum atomic E-state index is 8.00. The summed E-state index contributed by atoms with van der Waals surface area (Å²) in [5, 5.41) is 0. The zero-order valence-corrected chi connectivity index (χ0v) is 12.3. The SMILES string of the molecule is C1CCCCC1.CC.FF.FF.FF.FF.FF.FF.FF.FF. The standard InChI is InChI=1S/C6H12.C2H6.8F2/c1-2-4-6-5-3-1;9*1-2/h1-6H2;1-2H3;;;;;;;;. The molecule has 1 rings (SSSR count). The van der Waals surface area contributed by atoms with E-state index >= 15 is 0 Å². The molecule has 0 nitrogen and oxygen atoms in total. The molecular formula is C8H18F16. The summed E-state index contributed by atoms with van der Waals surface area (Å²) in [6.07, 6.45) is 9.00. The monoisotopic (exact) mass is 418 g/mol. The first-order chi connectivity index (χ1) is 12.0. The van der Waals surface area contributed by atoms with Crippen molar-refractivity contribution in [1.82, 2.24) is 0 Å². The normalized spacial score (nSPS) is 8.25. The highest BCUT2D eigenvalue weighted by Crippen LogP contribution is 2.15. The van der Waals surface area contributed by atoms with E-state index in [1.165, 1.54) is 38.5 Å². The predicted molar refractivity (Wildman–Crippen MR) is 56.8 cm³/mol. The lowest BCUT2D eigenvalue weighted by Gasteiger charge is -2.05. The number of halogens is 16. The van der Waals surface area contributed by atoms with Gasteiger partial charge in [-0.25, -0.2) is 0 Å². The van der Waals surface area contributed by atoms with Crippen molar-refractivity contribution in [2.45, 2.75) is 52.4 Å². The Balaban J connectivity index is -0.0000000159. The molecule has 0 spiro atoms. The molecule has 0 radical (unpaired) electrons. The maximum absolute atomic E-state index is 8.00. The third kappa shape index (κ3) is 347. The molecule has 1 fully saturated rings. The summed E-state index contributed by atoms with van der Waals surface area (Å²) in [4.78, 5) is 0. The predicted octanol–water partition coefficient (Wildman–Crippen LogP) is 10.1. The Bertz CT molecular complexity index is 37.5. The Hall–Kier alpha value is -1.12. The molecule has 0 saturated heterocycles. The van der Waals surface area contributed by atoms with E-state index in [2.05, 4.69) is 0 Å². The fourth-order valence-electron chi connectivity index (χ4n) is 1.06. The lowest BCUT2D eigenvalue weighted by Crippen LogP contribution is -1.85. The van der Waals surface area contributed by atoms with Gasteiger partial charge >= 0.3 is 0 Å². The van der Waals surface area contributed by atoms with E-state index < -0.39 is 0 Å². The maximum Gasteiger partial charge on any atom is 0 e. The van der Waals surface area contributed by atoms with Gasteiger partial charge in [0.25, 0.3) is 0 Å². The summed E-state index contributed by atoms with van der Waals surface area (Å²) in [6.45, 7) is 4.00. The fourth-order valence-corrected chi connectivity index (χ4v) is 1.06. The van der Waals surface area contributed by atoms with Crippen LogP contribution in [0.1, 0.15) is 52.4 Å². The zero-order valence-electron chi connectivity index (χ0n) is 12.3. The smallest absolute Gasteiger partial charge is 0 e. The average molecular weight is 418 g/mol. The van der Waals surface area contributed by atoms with Crippen molar-refractivity contribution in [3.05, 3.63) is 0 Å². The highest BCUT2D eigenvalue weighted by atomic mass is 20.0. The van der Waals surface area contributed by atoms with Crippen LogP contribution in [0.2, 0.25) is 0 Å². The van der Waals surface area contributed by atoms with E-state index in [4.69, 9.17) is 73.2 Å². The molecule has 1 aliphatic carbocycles. The summed E-state index contributed by atoms with van der Waals surface area (Å²) in [6, 6.07) is 0. The van der Waals surface area contributed by atoms with Gasteiger partial charge in [0.15, 0.2) is 0 Å². The number of rotatable bonds is 0. The summed E-state index contributed by atoms with van der Waals surface area (Å²) in [7, 11) is 0. The minimum Gasteiger partial charge on any atom is -0.0683 e. The van der Waals surface area contributed by atoms with Crippen LogP contribution in [0.3, 0.4) is 0 Å². The van der Waals surface area contributed by atoms with Crippen molar-refractivity contribution in [2.75, 3.05) is 0 Å². The van der Waals surface area contributed by atoms with Crippen molar-refractivity contribution < 1.29 is 73.2 Å². The molecule has 0 heterocycles. The van der Waals surface area contributed by atoms with Gasteiger partial charge in [0.2, 0.25) is 0 Å². The van der Waals surface area contributed by atoms with Gasteiger partial charge in [-0.1, -0.05) is 52.4 Å². The third-order valence-corrected chi connectivity index (χ3v) is 1.50. The van der Waals surface area contributed by atoms with Gasteiger partial charge in [0, 0.05) is 73.2 Å². The second kappa shape index (κ2) is 401. The molecule has 162 valence electrons. The van der Waals surface area contributed by atoms with Gasteiger partial charge in [-0.3, -0.25) is 0 Å². The first-order valence-corrected chi connectivity index (χ1v) is 5.14. The van der Waals surface area contributed by atoms with Crippen LogP contribution in [-0.4, -0.2) is 0 Å². The van der Waals surface area contributed by atoms with Crippen molar-refractivity contribution >= 4 is 0 Å². The molecule has 0 aliphatic heterocycles. The first-order valence-electron chi connectivity index (χ1n) is 5.14. The minimum atomic E-state index is 1.50. The molecule has 0 unspecified atom stereocenters. The summed E-state index contributed by atoms with van der Waals surface area (Å²) in [5.74, 6) is 0. The Morgan fingerprint density at radius 1 is 0.250 bits per heavy atom. The van der Waals surface area contributed by atoms with Gasteiger partial charge < -0.3 is 0 Å². The van der Waals surface area contributed by atoms with Gasteiger partial charge in [-0.2, -0.15) is 0 Å². The van der Waals surface area contributed by atoms with Crippen LogP contribution in [0.15, 0.2) is 0 Å². The molecule has 24 heavy (non-hydrogen) atoms. The zero-order chi connectivity index (χ0) is 22.2. The molecule has 1 aliphatic rings. The van der Waals surface area contributed by atoms with Gasteiger partial charge in [-0.15, -0.1) is 0 Å². The summed E-state index contributed by atoms with van der Waals surface area (Å²) in [5.41, 5.74) is 0. The number of hydrogen-bond donors (Lipinski definition) is 0. The largest absolute Gasteiger partial charge is 0.0683 e. The van der Waals surface area contributed by atoms with Gasteiger partial charge in [0.05, 0.1) is 0 Å². The van der Waals surface area contributed by atoms with Crippen LogP contribution in [0.4, 0.5) is 73.2 Å². The van der Waals surface area contributed by atoms with E-state index in [1.807, 2.05) is 13.8 Å². The minimum absolute atomic E-state index is 1.50. The molecular weight excluding hydrogens is 400 g/mol. The Morgan fingerprint density at radius 2 is 0.292 bits per heavy atom. The van der Waals surface area contributed by atoms with E-state index in [-0.39, 0.29) is 0 Å². The van der Waals surface area contributed by atoms with Crippen molar-refractivity contribution in [3.63, 3.8) is 0 Å². The van der Waals surface area contributed by atoms with E-state index in [1.54, 1.807) is 0 Å². The highest BCUT2D eigenvalue weighted by molar-refractivity contribution is 4.51. The Labute approximate surface area is 127 Å². The lowest BCUT2D eigenvalue weighted by atomic mass is 10.0. The molecule has 0 bridgehead atoms. The molecule has 0 aromatic heterocycles. The molecule has 16 heteroatoms. The average Bonchev–Trinajstić information content (AvgIpc) is 2.82. The quantitative estimate of drug-likeness (QED) is 0.343. The van der Waals surface area contributed by atoms with Crippen molar-refractivity contribution in [1.29, 1.82) is 0 Å². The number of hydrogen-bond acceptors (Lipinski definition) is 0. The second-order valence-corrected chi connectivity index (χ2v) is 2.12. The lowest BCUT2D eigenvalue weighted by molar-refractivity contribution is 0.108. The van der Waals surface area contributed by atoms with Gasteiger partial charge in [0.1, 0.15) is 0 Å². The van der Waals surface area contributed by atoms with Gasteiger partial charge in [-0.05, 0) is 0 Å². The van der Waals surface area contributed by atoms with E-state index in [9.17, 15) is 0 Å². The summed E-state index contributed by atoms with van der Waals surface area (Å²) >= 11 is 0. The molecule has 0 amide bonds. The van der Waals surface area contributed by atoms with Crippen LogP contribution in [0.5, 0.6) is 0 Å². The fraction of sp³-hybridized carbons (Fsp3) is 1.00. The van der Waals surface area contributed by atoms with Crippen LogP contribution < -0.4 is 0 Å². The van der Waals surface area contributed by atoms with E-state index in [0.29, 0.717) is 0 Å². The summed E-state index contributed by atoms with van der Waals surface area (Å²) < 4.78 is 128. The molecule has 1 saturated carbocycles. The van der Waals surface area contributed by atoms with Crippen molar-refractivity contribution in [3.8, 4) is 0 Å². The topological polar surface area (TPSA) is 0 Å². The van der Waals surface area contributed by atoms with Crippen molar-refractivity contribution in [2.24, 2.45) is 0 Å². The van der Waals surface area contributed by atoms with Crippen LogP contribution in [-0.2, 0) is 0 Å². The van der Waals surface area contributed by atoms with E-state index in [0.717, 1.165) is 0 Å². The molecule has 0 aromatic rings. The Morgan fingerprint density at radius 3 is 0.333 bits per heavy atom.